The molecular weight excluding hydrogens is 310 g/mol. The average molecular weight is 346 g/mol. The first-order valence-electron chi connectivity index (χ1n) is 10.5. The predicted molar refractivity (Wildman–Crippen MR) is 101 cm³/mol. The number of allylic oxidation sites excluding steroid dienone is 2. The Morgan fingerprint density at radius 1 is 1.16 bits per heavy atom. The second-order valence-electron chi connectivity index (χ2n) is 8.05. The fourth-order valence-corrected chi connectivity index (χ4v) is 4.96. The fourth-order valence-electron chi connectivity index (χ4n) is 4.96. The number of hydrogen-bond acceptors (Lipinski definition) is 3. The zero-order chi connectivity index (χ0) is 18.1. The van der Waals surface area contributed by atoms with Gasteiger partial charge in [0.25, 0.3) is 0 Å². The van der Waals surface area contributed by atoms with E-state index in [0.717, 1.165) is 44.4 Å². The zero-order valence-corrected chi connectivity index (χ0v) is 16.2. The van der Waals surface area contributed by atoms with Crippen LogP contribution in [0, 0.1) is 28.6 Å². The maximum absolute atomic E-state index is 13.1. The molecule has 2 saturated carbocycles. The highest BCUT2D eigenvalue weighted by Crippen LogP contribution is 2.50. The van der Waals surface area contributed by atoms with Crippen molar-refractivity contribution in [1.82, 2.24) is 0 Å². The Kier molecular flexibility index (Phi) is 8.00. The van der Waals surface area contributed by atoms with Crippen molar-refractivity contribution in [1.29, 1.82) is 5.26 Å². The fraction of sp³-hybridized carbons (Fsp3) is 0.818. The highest BCUT2D eigenvalue weighted by atomic mass is 16.5. The standard InChI is InChI=1S/C22H35NO2/c1-3-5-10-18-11-13-19(14-12-18)22(15-7-6-8-16-22)21(24)25-20(17-23)9-4-2/h9,18-19H,3-8,10-16H2,1-2H3. The summed E-state index contributed by atoms with van der Waals surface area (Å²) < 4.78 is 5.59. The van der Waals surface area contributed by atoms with Crippen molar-refractivity contribution >= 4 is 5.97 Å². The summed E-state index contributed by atoms with van der Waals surface area (Å²) in [6.07, 6.45) is 16.6. The van der Waals surface area contributed by atoms with Crippen LogP contribution >= 0.6 is 0 Å². The zero-order valence-electron chi connectivity index (χ0n) is 16.2. The van der Waals surface area contributed by atoms with E-state index in [1.54, 1.807) is 6.08 Å². The van der Waals surface area contributed by atoms with E-state index in [0.29, 0.717) is 12.3 Å². The first kappa shape index (κ1) is 20.0. The van der Waals surface area contributed by atoms with Gasteiger partial charge in [-0.1, -0.05) is 65.2 Å². The van der Waals surface area contributed by atoms with Gasteiger partial charge in [-0.2, -0.15) is 5.26 Å². The number of carbonyl (C=O) groups excluding carboxylic acids is 1. The number of rotatable bonds is 7. The predicted octanol–water partition coefficient (Wildman–Crippen LogP) is 6.29. The molecule has 0 atom stereocenters. The number of unbranched alkanes of at least 4 members (excludes halogenated alkanes) is 1. The molecule has 0 aliphatic heterocycles. The molecule has 0 aromatic carbocycles. The average Bonchev–Trinajstić information content (AvgIpc) is 2.66. The van der Waals surface area contributed by atoms with Crippen LogP contribution in [0.5, 0.6) is 0 Å². The quantitative estimate of drug-likeness (QED) is 0.309. The van der Waals surface area contributed by atoms with Crippen molar-refractivity contribution in [3.05, 3.63) is 11.8 Å². The number of carbonyl (C=O) groups is 1. The molecule has 0 unspecified atom stereocenters. The number of esters is 1. The Balaban J connectivity index is 2.06. The van der Waals surface area contributed by atoms with E-state index in [1.165, 1.54) is 38.5 Å². The van der Waals surface area contributed by atoms with Gasteiger partial charge in [-0.25, -0.2) is 0 Å². The topological polar surface area (TPSA) is 50.1 Å². The minimum Gasteiger partial charge on any atom is -0.415 e. The van der Waals surface area contributed by atoms with Crippen LogP contribution < -0.4 is 0 Å². The molecule has 0 saturated heterocycles. The maximum atomic E-state index is 13.1. The highest BCUT2D eigenvalue weighted by molar-refractivity contribution is 5.78. The molecule has 2 aliphatic carbocycles. The summed E-state index contributed by atoms with van der Waals surface area (Å²) in [4.78, 5) is 13.1. The van der Waals surface area contributed by atoms with E-state index in [1.807, 2.05) is 13.0 Å². The monoisotopic (exact) mass is 345 g/mol. The smallest absolute Gasteiger partial charge is 0.318 e. The third-order valence-corrected chi connectivity index (χ3v) is 6.45. The van der Waals surface area contributed by atoms with Crippen LogP contribution in [0.15, 0.2) is 11.8 Å². The van der Waals surface area contributed by atoms with Crippen LogP contribution in [-0.2, 0) is 9.53 Å². The first-order chi connectivity index (χ1) is 12.2. The van der Waals surface area contributed by atoms with Gasteiger partial charge in [-0.3, -0.25) is 4.79 Å². The second-order valence-corrected chi connectivity index (χ2v) is 8.05. The van der Waals surface area contributed by atoms with Crippen LogP contribution in [0.2, 0.25) is 0 Å². The van der Waals surface area contributed by atoms with E-state index in [9.17, 15) is 10.1 Å². The van der Waals surface area contributed by atoms with Crippen LogP contribution in [0.25, 0.3) is 0 Å². The van der Waals surface area contributed by atoms with Crippen molar-refractivity contribution in [3.63, 3.8) is 0 Å². The lowest BCUT2D eigenvalue weighted by atomic mass is 9.60. The van der Waals surface area contributed by atoms with Crippen molar-refractivity contribution in [2.24, 2.45) is 17.3 Å². The first-order valence-corrected chi connectivity index (χ1v) is 10.5. The summed E-state index contributed by atoms with van der Waals surface area (Å²) in [7, 11) is 0. The molecule has 0 aromatic rings. The Morgan fingerprint density at radius 3 is 2.40 bits per heavy atom. The molecule has 0 amide bonds. The molecular formula is C22H35NO2. The van der Waals surface area contributed by atoms with Crippen molar-refractivity contribution in [2.45, 2.75) is 97.3 Å². The SMILES string of the molecule is CCC=C(C#N)OC(=O)C1(C2CCC(CCCC)CC2)CCCCC1. The van der Waals surface area contributed by atoms with Crippen LogP contribution in [-0.4, -0.2) is 5.97 Å². The van der Waals surface area contributed by atoms with Crippen LogP contribution in [0.4, 0.5) is 0 Å². The molecule has 0 radical (unpaired) electrons. The molecule has 0 spiro atoms. The summed E-state index contributed by atoms with van der Waals surface area (Å²) in [6.45, 7) is 4.22. The molecule has 0 bridgehead atoms. The third kappa shape index (κ3) is 5.09. The van der Waals surface area contributed by atoms with E-state index >= 15 is 0 Å². The molecule has 140 valence electrons. The maximum Gasteiger partial charge on any atom is 0.318 e. The Morgan fingerprint density at radius 2 is 1.84 bits per heavy atom. The number of nitrogens with zero attached hydrogens (tertiary/aromatic N) is 1. The van der Waals surface area contributed by atoms with Gasteiger partial charge in [-0.05, 0) is 50.0 Å². The molecule has 2 aliphatic rings. The van der Waals surface area contributed by atoms with E-state index < -0.39 is 0 Å². The van der Waals surface area contributed by atoms with Crippen LogP contribution in [0.1, 0.15) is 97.3 Å². The molecule has 0 heterocycles. The normalized spacial score (nSPS) is 26.7. The summed E-state index contributed by atoms with van der Waals surface area (Å²) >= 11 is 0. The van der Waals surface area contributed by atoms with Crippen molar-refractivity contribution in [2.75, 3.05) is 0 Å². The lowest BCUT2D eigenvalue weighted by Crippen LogP contribution is -2.43. The molecule has 3 heteroatoms. The number of hydrogen-bond donors (Lipinski definition) is 0. The molecule has 3 nitrogen and oxygen atoms in total. The number of nitriles is 1. The minimum atomic E-state index is -0.336. The van der Waals surface area contributed by atoms with Gasteiger partial charge in [0, 0.05) is 0 Å². The highest BCUT2D eigenvalue weighted by Gasteiger charge is 2.48. The summed E-state index contributed by atoms with van der Waals surface area (Å²) in [5.41, 5.74) is -0.336. The lowest BCUT2D eigenvalue weighted by Gasteiger charge is -2.44. The Labute approximate surface area is 153 Å². The molecule has 2 fully saturated rings. The molecule has 25 heavy (non-hydrogen) atoms. The Hall–Kier alpha value is -1.30. The largest absolute Gasteiger partial charge is 0.415 e. The van der Waals surface area contributed by atoms with Gasteiger partial charge in [0.2, 0.25) is 5.76 Å². The van der Waals surface area contributed by atoms with E-state index in [4.69, 9.17) is 4.74 Å². The lowest BCUT2D eigenvalue weighted by molar-refractivity contribution is -0.159. The van der Waals surface area contributed by atoms with E-state index in [2.05, 4.69) is 6.92 Å². The van der Waals surface area contributed by atoms with Gasteiger partial charge in [-0.15, -0.1) is 0 Å². The minimum absolute atomic E-state index is 0.120. The van der Waals surface area contributed by atoms with Gasteiger partial charge in [0.15, 0.2) is 0 Å². The van der Waals surface area contributed by atoms with Gasteiger partial charge < -0.3 is 4.74 Å². The molecule has 0 N–H and O–H groups in total. The Bertz CT molecular complexity index is 489. The van der Waals surface area contributed by atoms with Gasteiger partial charge >= 0.3 is 5.97 Å². The third-order valence-electron chi connectivity index (χ3n) is 6.45. The van der Waals surface area contributed by atoms with E-state index in [-0.39, 0.29) is 17.1 Å². The van der Waals surface area contributed by atoms with Crippen molar-refractivity contribution in [3.8, 4) is 6.07 Å². The number of ether oxygens (including phenoxy) is 1. The van der Waals surface area contributed by atoms with Gasteiger partial charge in [0.1, 0.15) is 6.07 Å². The van der Waals surface area contributed by atoms with Crippen LogP contribution in [0.3, 0.4) is 0 Å². The second kappa shape index (κ2) is 10.00. The summed E-state index contributed by atoms with van der Waals surface area (Å²) in [5.74, 6) is 1.36. The summed E-state index contributed by atoms with van der Waals surface area (Å²) in [6, 6.07) is 2.04. The van der Waals surface area contributed by atoms with Crippen molar-refractivity contribution < 1.29 is 9.53 Å². The molecule has 2 rings (SSSR count). The van der Waals surface area contributed by atoms with Gasteiger partial charge in [0.05, 0.1) is 5.41 Å². The molecule has 0 aromatic heterocycles. The summed E-state index contributed by atoms with van der Waals surface area (Å²) in [5, 5.41) is 9.22.